The van der Waals surface area contributed by atoms with Crippen LogP contribution < -0.4 is 5.32 Å². The van der Waals surface area contributed by atoms with Crippen molar-refractivity contribution in [3.63, 3.8) is 0 Å². The summed E-state index contributed by atoms with van der Waals surface area (Å²) in [6, 6.07) is 12.2. The molecule has 0 radical (unpaired) electrons. The number of amidine groups is 1. The van der Waals surface area contributed by atoms with E-state index in [4.69, 9.17) is 4.99 Å². The Labute approximate surface area is 147 Å². The second kappa shape index (κ2) is 9.49. The summed E-state index contributed by atoms with van der Waals surface area (Å²) in [6.07, 6.45) is 13.6. The Bertz CT molecular complexity index is 474. The van der Waals surface area contributed by atoms with Crippen LogP contribution in [0.25, 0.3) is 0 Å². The second-order valence-electron chi connectivity index (χ2n) is 6.98. The molecule has 23 heavy (non-hydrogen) atoms. The molecule has 2 aliphatic rings. The maximum atomic E-state index is 5.18. The van der Waals surface area contributed by atoms with E-state index >= 15 is 0 Å². The van der Waals surface area contributed by atoms with Crippen LogP contribution in [-0.4, -0.2) is 31.8 Å². The van der Waals surface area contributed by atoms with Crippen LogP contribution in [-0.2, 0) is 5.32 Å². The van der Waals surface area contributed by atoms with Gasteiger partial charge >= 0.3 is 148 Å². The third kappa shape index (κ3) is 5.97. The van der Waals surface area contributed by atoms with Gasteiger partial charge in [-0.05, 0) is 0 Å². The van der Waals surface area contributed by atoms with Gasteiger partial charge in [0.15, 0.2) is 0 Å². The van der Waals surface area contributed by atoms with Gasteiger partial charge in [0.25, 0.3) is 0 Å². The summed E-state index contributed by atoms with van der Waals surface area (Å²) in [5.41, 5.74) is 1.45. The van der Waals surface area contributed by atoms with Crippen molar-refractivity contribution in [3.05, 3.63) is 35.9 Å². The summed E-state index contributed by atoms with van der Waals surface area (Å²) in [7, 11) is 0. The second-order valence-corrected chi connectivity index (χ2v) is 9.00. The molecule has 3 heteroatoms. The van der Waals surface area contributed by atoms with Gasteiger partial charge in [-0.1, -0.05) is 0 Å². The van der Waals surface area contributed by atoms with Crippen LogP contribution in [0.2, 0.25) is 0 Å². The third-order valence-corrected chi connectivity index (χ3v) is 7.07. The molecule has 0 unspecified atom stereocenters. The zero-order valence-electron chi connectivity index (χ0n) is 14.2. The monoisotopic (exact) mass is 373 g/mol. The van der Waals surface area contributed by atoms with E-state index in [2.05, 4.69) is 35.6 Å². The summed E-state index contributed by atoms with van der Waals surface area (Å²) >= 11 is 0.441. The SMILES string of the molecule is c1ccc(C[75Se]C(=NC2CCCCC2)NC2CCCCC2)cc1. The Kier molecular flexibility index (Phi) is 7.03. The molecule has 0 saturated heterocycles. The summed E-state index contributed by atoms with van der Waals surface area (Å²) in [5, 5.41) is 5.02. The van der Waals surface area contributed by atoms with Gasteiger partial charge in [-0.3, -0.25) is 0 Å². The number of hydrogen-bond acceptors (Lipinski definition) is 1. The van der Waals surface area contributed by atoms with Crippen molar-refractivity contribution in [2.75, 3.05) is 0 Å². The van der Waals surface area contributed by atoms with Crippen molar-refractivity contribution < 1.29 is 0 Å². The number of aliphatic imine (C=N–C) groups is 1. The Morgan fingerprint density at radius 3 is 2.26 bits per heavy atom. The molecule has 1 aromatic rings. The van der Waals surface area contributed by atoms with Crippen molar-refractivity contribution in [1.29, 1.82) is 0 Å². The third-order valence-electron chi connectivity index (χ3n) is 5.03. The first-order valence-corrected chi connectivity index (χ1v) is 11.5. The first-order valence-electron chi connectivity index (χ1n) is 9.41. The molecular weight excluding hydrogens is 343 g/mol. The number of benzene rings is 1. The fraction of sp³-hybridized carbons (Fsp3) is 0.650. The molecule has 1 N–H and O–H groups in total. The van der Waals surface area contributed by atoms with Crippen molar-refractivity contribution in [1.82, 2.24) is 5.32 Å². The zero-order valence-corrected chi connectivity index (χ0v) is 15.9. The van der Waals surface area contributed by atoms with Crippen molar-refractivity contribution in [2.24, 2.45) is 4.99 Å². The molecule has 0 atom stereocenters. The standard InChI is InChI=1S/C20H30N2Se/c1-4-10-17(11-5-1)16-23-20(21-18-12-6-2-7-13-18)22-19-14-8-3-9-15-19/h1,4-5,10-11,18-19H,2-3,6-9,12-16H2,(H,21,22)/i23-4. The van der Waals surface area contributed by atoms with Crippen LogP contribution >= 0.6 is 0 Å². The minimum atomic E-state index is 0.441. The van der Waals surface area contributed by atoms with E-state index in [1.54, 1.807) is 0 Å². The van der Waals surface area contributed by atoms with E-state index in [-0.39, 0.29) is 0 Å². The van der Waals surface area contributed by atoms with Crippen molar-refractivity contribution in [2.45, 2.75) is 81.6 Å². The Balaban J connectivity index is 1.60. The van der Waals surface area contributed by atoms with E-state index < -0.39 is 0 Å². The molecule has 2 fully saturated rings. The molecule has 0 amide bonds. The van der Waals surface area contributed by atoms with Crippen molar-refractivity contribution in [3.8, 4) is 0 Å². The maximum absolute atomic E-state index is 5.18. The molecule has 3 rings (SSSR count). The molecular formula is C20H30N2Se. The number of nitrogens with one attached hydrogen (secondary N) is 1. The van der Waals surface area contributed by atoms with Crippen molar-refractivity contribution >= 4 is 19.7 Å². The first kappa shape index (κ1) is 17.0. The minimum absolute atomic E-state index is 0.441. The van der Waals surface area contributed by atoms with E-state index in [9.17, 15) is 0 Å². The van der Waals surface area contributed by atoms with Crippen LogP contribution in [0.5, 0.6) is 0 Å². The van der Waals surface area contributed by atoms with Gasteiger partial charge in [0, 0.05) is 0 Å². The normalized spacial score (nSPS) is 21.3. The van der Waals surface area contributed by atoms with Gasteiger partial charge in [-0.2, -0.15) is 0 Å². The predicted molar refractivity (Wildman–Crippen MR) is 100 cm³/mol. The number of nitrogens with zero attached hydrogens (tertiary/aromatic N) is 1. The van der Waals surface area contributed by atoms with Crippen LogP contribution in [0.3, 0.4) is 0 Å². The Hall–Kier alpha value is -0.791. The fourth-order valence-electron chi connectivity index (χ4n) is 3.64. The average molecular weight is 373 g/mol. The van der Waals surface area contributed by atoms with Gasteiger partial charge in [-0.25, -0.2) is 0 Å². The average Bonchev–Trinajstić information content (AvgIpc) is 2.62. The quantitative estimate of drug-likeness (QED) is 0.459. The molecule has 126 valence electrons. The number of hydrogen-bond donors (Lipinski definition) is 1. The molecule has 0 bridgehead atoms. The fourth-order valence-corrected chi connectivity index (χ4v) is 5.67. The van der Waals surface area contributed by atoms with E-state index in [1.807, 2.05) is 0 Å². The summed E-state index contributed by atoms with van der Waals surface area (Å²) in [4.78, 5) is 5.18. The van der Waals surface area contributed by atoms with E-state index in [0.717, 1.165) is 0 Å². The van der Waals surface area contributed by atoms with Gasteiger partial charge < -0.3 is 0 Å². The zero-order chi connectivity index (χ0) is 15.7. The van der Waals surface area contributed by atoms with Crippen LogP contribution in [0.1, 0.15) is 69.8 Å². The summed E-state index contributed by atoms with van der Waals surface area (Å²) in [6.45, 7) is 0. The summed E-state index contributed by atoms with van der Waals surface area (Å²) < 4.78 is 1.35. The first-order chi connectivity index (χ1) is 11.4. The molecule has 1 aromatic carbocycles. The van der Waals surface area contributed by atoms with E-state index in [0.29, 0.717) is 27.0 Å². The van der Waals surface area contributed by atoms with Crippen LogP contribution in [0.4, 0.5) is 0 Å². The predicted octanol–water partition coefficient (Wildman–Crippen LogP) is 4.50. The molecule has 0 heterocycles. The van der Waals surface area contributed by atoms with Gasteiger partial charge in [0.05, 0.1) is 0 Å². The van der Waals surface area contributed by atoms with Gasteiger partial charge in [0.1, 0.15) is 0 Å². The Morgan fingerprint density at radius 2 is 1.57 bits per heavy atom. The molecule has 0 aromatic heterocycles. The molecule has 2 saturated carbocycles. The van der Waals surface area contributed by atoms with Crippen LogP contribution in [0.15, 0.2) is 35.3 Å². The number of rotatable bonds is 5. The molecule has 0 aliphatic heterocycles. The molecule has 2 nitrogen and oxygen atoms in total. The topological polar surface area (TPSA) is 24.4 Å². The Morgan fingerprint density at radius 1 is 0.913 bits per heavy atom. The van der Waals surface area contributed by atoms with E-state index in [1.165, 1.54) is 79.8 Å². The summed E-state index contributed by atoms with van der Waals surface area (Å²) in [5.74, 6) is 0. The van der Waals surface area contributed by atoms with Gasteiger partial charge in [0.2, 0.25) is 0 Å². The molecule has 0 spiro atoms. The van der Waals surface area contributed by atoms with Crippen LogP contribution in [0, 0.1) is 0 Å². The molecule has 2 aliphatic carbocycles. The van der Waals surface area contributed by atoms with Gasteiger partial charge in [-0.15, -0.1) is 0 Å².